The number of aromatic nitrogens is 1. The summed E-state index contributed by atoms with van der Waals surface area (Å²) >= 11 is 0. The van der Waals surface area contributed by atoms with Gasteiger partial charge < -0.3 is 10.2 Å². The quantitative estimate of drug-likeness (QED) is 0.760. The number of carbonyl (C=O) groups is 1. The number of nitrogens with zero attached hydrogens (tertiary/aromatic N) is 2. The first kappa shape index (κ1) is 19.2. The fourth-order valence-electron chi connectivity index (χ4n) is 3.57. The van der Waals surface area contributed by atoms with Crippen molar-refractivity contribution in [2.45, 2.75) is 64.6 Å². The van der Waals surface area contributed by atoms with Crippen molar-refractivity contribution in [1.29, 1.82) is 0 Å². The van der Waals surface area contributed by atoms with Crippen LogP contribution in [0.4, 0.5) is 16.3 Å². The van der Waals surface area contributed by atoms with Crippen molar-refractivity contribution < 1.29 is 4.79 Å². The monoisotopic (exact) mass is 366 g/mol. The van der Waals surface area contributed by atoms with Gasteiger partial charge in [0.05, 0.1) is 11.9 Å². The Kier molecular flexibility index (Phi) is 6.69. The highest BCUT2D eigenvalue weighted by atomic mass is 16.2. The molecule has 3 rings (SSSR count). The largest absolute Gasteiger partial charge is 0.364 e. The van der Waals surface area contributed by atoms with E-state index in [1.54, 1.807) is 0 Å². The van der Waals surface area contributed by atoms with Gasteiger partial charge in [0.1, 0.15) is 5.82 Å². The molecule has 0 unspecified atom stereocenters. The SMILES string of the molecule is CC(C)N(Cc1ccccc1)c1ccc(NC(=O)NC2CCCCC2)nc1. The Bertz CT molecular complexity index is 709. The summed E-state index contributed by atoms with van der Waals surface area (Å²) in [5.74, 6) is 0.579. The molecule has 2 aromatic rings. The lowest BCUT2D eigenvalue weighted by Crippen LogP contribution is -2.39. The minimum Gasteiger partial charge on any atom is -0.364 e. The molecule has 0 atom stereocenters. The van der Waals surface area contributed by atoms with E-state index in [1.165, 1.54) is 24.8 Å². The van der Waals surface area contributed by atoms with Crippen molar-refractivity contribution >= 4 is 17.5 Å². The summed E-state index contributed by atoms with van der Waals surface area (Å²) in [7, 11) is 0. The maximum Gasteiger partial charge on any atom is 0.320 e. The standard InChI is InChI=1S/C22H30N4O/c1-17(2)26(16-18-9-5-3-6-10-18)20-13-14-21(23-15-20)25-22(27)24-19-11-7-4-8-12-19/h3,5-6,9-10,13-15,17,19H,4,7-8,11-12,16H2,1-2H3,(H2,23,24,25,27). The fourth-order valence-corrected chi connectivity index (χ4v) is 3.57. The van der Waals surface area contributed by atoms with Crippen LogP contribution in [0.5, 0.6) is 0 Å². The van der Waals surface area contributed by atoms with Gasteiger partial charge in [0.15, 0.2) is 0 Å². The van der Waals surface area contributed by atoms with Gasteiger partial charge in [-0.05, 0) is 44.4 Å². The van der Waals surface area contributed by atoms with Crippen LogP contribution in [0.1, 0.15) is 51.5 Å². The van der Waals surface area contributed by atoms with E-state index >= 15 is 0 Å². The molecule has 5 heteroatoms. The summed E-state index contributed by atoms with van der Waals surface area (Å²) < 4.78 is 0. The molecule has 144 valence electrons. The van der Waals surface area contributed by atoms with E-state index < -0.39 is 0 Å². The summed E-state index contributed by atoms with van der Waals surface area (Å²) in [6.07, 6.45) is 7.65. The number of benzene rings is 1. The highest BCUT2D eigenvalue weighted by Gasteiger charge is 2.16. The number of rotatable bonds is 6. The Morgan fingerprint density at radius 3 is 2.48 bits per heavy atom. The number of carbonyl (C=O) groups excluding carboxylic acids is 1. The number of hydrogen-bond acceptors (Lipinski definition) is 3. The third-order valence-electron chi connectivity index (χ3n) is 5.08. The summed E-state index contributed by atoms with van der Waals surface area (Å²) in [4.78, 5) is 18.9. The second-order valence-corrected chi connectivity index (χ2v) is 7.54. The first-order valence-electron chi connectivity index (χ1n) is 9.96. The van der Waals surface area contributed by atoms with Crippen molar-refractivity contribution in [3.05, 3.63) is 54.2 Å². The predicted molar refractivity (Wildman–Crippen MR) is 111 cm³/mol. The summed E-state index contributed by atoms with van der Waals surface area (Å²) in [5, 5.41) is 5.91. The third-order valence-corrected chi connectivity index (χ3v) is 5.08. The molecule has 1 fully saturated rings. The number of urea groups is 1. The Morgan fingerprint density at radius 2 is 1.85 bits per heavy atom. The van der Waals surface area contributed by atoms with Crippen LogP contribution in [-0.2, 0) is 6.54 Å². The average molecular weight is 367 g/mol. The van der Waals surface area contributed by atoms with Crippen LogP contribution < -0.4 is 15.5 Å². The molecule has 2 amide bonds. The molecule has 0 radical (unpaired) electrons. The van der Waals surface area contributed by atoms with Gasteiger partial charge in [-0.2, -0.15) is 0 Å². The molecule has 1 aromatic heterocycles. The van der Waals surface area contributed by atoms with Crippen molar-refractivity contribution in [2.24, 2.45) is 0 Å². The molecule has 27 heavy (non-hydrogen) atoms. The van der Waals surface area contributed by atoms with Crippen molar-refractivity contribution in [1.82, 2.24) is 10.3 Å². The van der Waals surface area contributed by atoms with Gasteiger partial charge in [-0.1, -0.05) is 49.6 Å². The van der Waals surface area contributed by atoms with Crippen LogP contribution in [0, 0.1) is 0 Å². The molecular formula is C22H30N4O. The van der Waals surface area contributed by atoms with Gasteiger partial charge in [0, 0.05) is 18.6 Å². The Balaban J connectivity index is 1.59. The van der Waals surface area contributed by atoms with Crippen LogP contribution in [-0.4, -0.2) is 23.1 Å². The number of amides is 2. The van der Waals surface area contributed by atoms with E-state index in [0.717, 1.165) is 25.1 Å². The van der Waals surface area contributed by atoms with Gasteiger partial charge in [-0.3, -0.25) is 5.32 Å². The second kappa shape index (κ2) is 9.40. The van der Waals surface area contributed by atoms with E-state index in [4.69, 9.17) is 0 Å². The van der Waals surface area contributed by atoms with Gasteiger partial charge in [-0.15, -0.1) is 0 Å². The maximum absolute atomic E-state index is 12.2. The molecule has 0 spiro atoms. The number of hydrogen-bond donors (Lipinski definition) is 2. The molecule has 1 aromatic carbocycles. The number of pyridine rings is 1. The van der Waals surface area contributed by atoms with E-state index in [-0.39, 0.29) is 6.03 Å². The zero-order valence-corrected chi connectivity index (χ0v) is 16.3. The first-order chi connectivity index (χ1) is 13.1. The zero-order chi connectivity index (χ0) is 19.1. The van der Waals surface area contributed by atoms with Crippen LogP contribution in [0.15, 0.2) is 48.7 Å². The molecule has 0 saturated heterocycles. The lowest BCUT2D eigenvalue weighted by atomic mass is 9.96. The summed E-state index contributed by atoms with van der Waals surface area (Å²) in [6, 6.07) is 14.8. The molecular weight excluding hydrogens is 336 g/mol. The van der Waals surface area contributed by atoms with Crippen molar-refractivity contribution in [2.75, 3.05) is 10.2 Å². The lowest BCUT2D eigenvalue weighted by molar-refractivity contribution is 0.244. The molecule has 1 heterocycles. The smallest absolute Gasteiger partial charge is 0.320 e. The minimum absolute atomic E-state index is 0.160. The Morgan fingerprint density at radius 1 is 1.11 bits per heavy atom. The van der Waals surface area contributed by atoms with E-state index in [0.29, 0.717) is 17.9 Å². The molecule has 2 N–H and O–H groups in total. The maximum atomic E-state index is 12.2. The number of anilines is 2. The summed E-state index contributed by atoms with van der Waals surface area (Å²) in [6.45, 7) is 5.18. The Labute approximate surface area is 162 Å². The predicted octanol–water partition coefficient (Wildman–Crippen LogP) is 4.95. The van der Waals surface area contributed by atoms with Crippen molar-refractivity contribution in [3.63, 3.8) is 0 Å². The highest BCUT2D eigenvalue weighted by Crippen LogP contribution is 2.21. The average Bonchev–Trinajstić information content (AvgIpc) is 2.68. The van der Waals surface area contributed by atoms with Gasteiger partial charge in [0.2, 0.25) is 0 Å². The third kappa shape index (κ3) is 5.71. The molecule has 1 saturated carbocycles. The van der Waals surface area contributed by atoms with Crippen LogP contribution in [0.3, 0.4) is 0 Å². The first-order valence-corrected chi connectivity index (χ1v) is 9.96. The van der Waals surface area contributed by atoms with Crippen LogP contribution in [0.25, 0.3) is 0 Å². The molecule has 5 nitrogen and oxygen atoms in total. The molecule has 1 aliphatic rings. The minimum atomic E-state index is -0.160. The van der Waals surface area contributed by atoms with Crippen LogP contribution in [0.2, 0.25) is 0 Å². The number of nitrogens with one attached hydrogen (secondary N) is 2. The molecule has 1 aliphatic carbocycles. The molecule has 0 bridgehead atoms. The summed E-state index contributed by atoms with van der Waals surface area (Å²) in [5.41, 5.74) is 2.31. The van der Waals surface area contributed by atoms with Crippen LogP contribution >= 0.6 is 0 Å². The second-order valence-electron chi connectivity index (χ2n) is 7.54. The normalized spacial score (nSPS) is 14.8. The van der Waals surface area contributed by atoms with E-state index in [2.05, 4.69) is 58.6 Å². The lowest BCUT2D eigenvalue weighted by Gasteiger charge is -2.29. The zero-order valence-electron chi connectivity index (χ0n) is 16.3. The van der Waals surface area contributed by atoms with Gasteiger partial charge in [0.25, 0.3) is 0 Å². The Hall–Kier alpha value is -2.56. The highest BCUT2D eigenvalue weighted by molar-refractivity contribution is 5.88. The molecule has 0 aliphatic heterocycles. The van der Waals surface area contributed by atoms with Gasteiger partial charge in [-0.25, -0.2) is 9.78 Å². The topological polar surface area (TPSA) is 57.3 Å². The van der Waals surface area contributed by atoms with E-state index in [1.807, 2.05) is 24.4 Å². The fraction of sp³-hybridized carbons (Fsp3) is 0.455. The van der Waals surface area contributed by atoms with Gasteiger partial charge >= 0.3 is 6.03 Å². The van der Waals surface area contributed by atoms with E-state index in [9.17, 15) is 4.79 Å². The van der Waals surface area contributed by atoms with Crippen molar-refractivity contribution in [3.8, 4) is 0 Å².